The monoisotopic (exact) mass is 475 g/mol. The molecule has 5 aliphatic rings. The van der Waals surface area contributed by atoms with Gasteiger partial charge in [-0.25, -0.2) is 14.5 Å². The van der Waals surface area contributed by atoms with Gasteiger partial charge < -0.3 is 9.80 Å². The summed E-state index contributed by atoms with van der Waals surface area (Å²) in [6.45, 7) is 4.06. The molecule has 3 aliphatic carbocycles. The zero-order chi connectivity index (χ0) is 23.3. The number of likely N-dealkylation sites (tertiary alicyclic amines) is 2. The summed E-state index contributed by atoms with van der Waals surface area (Å²) < 4.78 is 41.6. The molecule has 11 heteroatoms. The van der Waals surface area contributed by atoms with Gasteiger partial charge in [-0.1, -0.05) is 0 Å². The second kappa shape index (κ2) is 6.75. The van der Waals surface area contributed by atoms with E-state index in [1.54, 1.807) is 0 Å². The minimum atomic E-state index is -4.51. The van der Waals surface area contributed by atoms with Crippen LogP contribution in [0.15, 0.2) is 18.6 Å². The Labute approximate surface area is 195 Å². The molecule has 5 fully saturated rings. The number of hydrogen-bond donors (Lipinski definition) is 0. The maximum Gasteiger partial charge on any atom is 0.453 e. The van der Waals surface area contributed by atoms with Gasteiger partial charge in [0.15, 0.2) is 0 Å². The molecule has 2 amide bonds. The summed E-state index contributed by atoms with van der Waals surface area (Å²) in [6, 6.07) is 2.21. The number of aromatic nitrogens is 5. The smallest absolute Gasteiger partial charge is 0.323 e. The van der Waals surface area contributed by atoms with Gasteiger partial charge >= 0.3 is 12.2 Å². The van der Waals surface area contributed by atoms with E-state index in [-0.39, 0.29) is 17.5 Å². The van der Waals surface area contributed by atoms with Gasteiger partial charge in [0.05, 0.1) is 11.7 Å². The topological polar surface area (TPSA) is 72.1 Å². The summed E-state index contributed by atoms with van der Waals surface area (Å²) in [4.78, 5) is 20.1. The van der Waals surface area contributed by atoms with Gasteiger partial charge in [0.25, 0.3) is 5.82 Å². The van der Waals surface area contributed by atoms with Crippen LogP contribution in [0.4, 0.5) is 18.0 Å². The van der Waals surface area contributed by atoms with Gasteiger partial charge in [-0.05, 0) is 50.5 Å². The van der Waals surface area contributed by atoms with E-state index >= 15 is 0 Å². The van der Waals surface area contributed by atoms with Crippen LogP contribution in [0.2, 0.25) is 0 Å². The Kier molecular flexibility index (Phi) is 4.12. The zero-order valence-electron chi connectivity index (χ0n) is 18.9. The third-order valence-electron chi connectivity index (χ3n) is 8.67. The fourth-order valence-electron chi connectivity index (χ4n) is 6.86. The number of hydrogen-bond acceptors (Lipinski definition) is 4. The predicted octanol–water partition coefficient (Wildman–Crippen LogP) is 3.54. The number of halogens is 3. The molecule has 0 bridgehead atoms. The summed E-state index contributed by atoms with van der Waals surface area (Å²) in [5.74, 6) is 0.256. The highest BCUT2D eigenvalue weighted by Gasteiger charge is 2.58. The number of nitrogens with zero attached hydrogens (tertiary/aromatic N) is 7. The van der Waals surface area contributed by atoms with Crippen molar-refractivity contribution in [2.24, 2.45) is 16.7 Å². The third kappa shape index (κ3) is 3.33. The molecule has 0 N–H and O–H groups in total. The van der Waals surface area contributed by atoms with E-state index in [0.29, 0.717) is 30.3 Å². The first-order chi connectivity index (χ1) is 16.2. The van der Waals surface area contributed by atoms with Crippen LogP contribution in [0.25, 0.3) is 0 Å². The number of amides is 2. The Hall–Kier alpha value is -2.59. The predicted molar refractivity (Wildman–Crippen MR) is 114 cm³/mol. The van der Waals surface area contributed by atoms with E-state index in [4.69, 9.17) is 5.10 Å². The second-order valence-electron chi connectivity index (χ2n) is 11.6. The van der Waals surface area contributed by atoms with Crippen LogP contribution < -0.4 is 0 Å². The normalized spacial score (nSPS) is 25.7. The van der Waals surface area contributed by atoms with E-state index in [9.17, 15) is 18.0 Å². The second-order valence-corrected chi connectivity index (χ2v) is 11.6. The largest absolute Gasteiger partial charge is 0.453 e. The maximum atomic E-state index is 12.9. The van der Waals surface area contributed by atoms with E-state index in [2.05, 4.69) is 27.0 Å². The average molecular weight is 476 g/mol. The van der Waals surface area contributed by atoms with Crippen molar-refractivity contribution < 1.29 is 18.0 Å². The maximum absolute atomic E-state index is 12.9. The molecule has 0 atom stereocenters. The minimum Gasteiger partial charge on any atom is -0.323 e. The highest BCUT2D eigenvalue weighted by atomic mass is 19.4. The molecule has 4 heterocycles. The first-order valence-electron chi connectivity index (χ1n) is 12.2. The minimum absolute atomic E-state index is 0.0396. The van der Waals surface area contributed by atoms with Gasteiger partial charge in [-0.3, -0.25) is 4.68 Å². The van der Waals surface area contributed by atoms with Crippen LogP contribution in [0.3, 0.4) is 0 Å². The molecule has 0 aromatic carbocycles. The molecule has 7 rings (SSSR count). The fourth-order valence-corrected chi connectivity index (χ4v) is 6.86. The lowest BCUT2D eigenvalue weighted by atomic mass is 9.57. The number of carbonyl (C=O) groups excluding carboxylic acids is 1. The SMILES string of the molecule is O=C(N1CC2(CC(Cn3ccc(C4CC4)n3)C2)C1)N1CC2(CC(n3cnc(C(F)(F)F)n3)C2)C1. The molecule has 0 radical (unpaired) electrons. The van der Waals surface area contributed by atoms with Crippen LogP contribution >= 0.6 is 0 Å². The molecule has 2 saturated heterocycles. The number of rotatable bonds is 4. The van der Waals surface area contributed by atoms with Crippen molar-refractivity contribution in [2.75, 3.05) is 26.2 Å². The fraction of sp³-hybridized carbons (Fsp3) is 0.739. The van der Waals surface area contributed by atoms with Gasteiger partial charge in [0.1, 0.15) is 6.33 Å². The van der Waals surface area contributed by atoms with Crippen molar-refractivity contribution in [2.45, 2.75) is 63.2 Å². The van der Waals surface area contributed by atoms with Crippen molar-refractivity contribution in [1.82, 2.24) is 34.3 Å². The summed E-state index contributed by atoms with van der Waals surface area (Å²) in [5.41, 5.74) is 1.59. The number of alkyl halides is 3. The Balaban J connectivity index is 0.846. The lowest BCUT2D eigenvalue weighted by Gasteiger charge is -2.63. The van der Waals surface area contributed by atoms with Crippen molar-refractivity contribution in [3.8, 4) is 0 Å². The molecule has 2 spiro atoms. The van der Waals surface area contributed by atoms with Crippen molar-refractivity contribution >= 4 is 6.03 Å². The Morgan fingerprint density at radius 1 is 1.00 bits per heavy atom. The van der Waals surface area contributed by atoms with Crippen molar-refractivity contribution in [3.63, 3.8) is 0 Å². The molecule has 0 unspecified atom stereocenters. The standard InChI is InChI=1S/C23H28F3N7O/c24-23(25,26)19-27-14-33(29-19)17-7-22(8-17)12-31(13-22)20(34)30-10-21(11-30)5-15(6-21)9-32-4-3-18(28-32)16-1-2-16/h3-4,14-17H,1-2,5-13H2. The van der Waals surface area contributed by atoms with Gasteiger partial charge in [0, 0.05) is 55.7 Å². The van der Waals surface area contributed by atoms with Gasteiger partial charge in [0.2, 0.25) is 0 Å². The summed E-state index contributed by atoms with van der Waals surface area (Å²) >= 11 is 0. The quantitative estimate of drug-likeness (QED) is 0.678. The van der Waals surface area contributed by atoms with E-state index in [0.717, 1.165) is 32.5 Å². The van der Waals surface area contributed by atoms with Crippen LogP contribution in [-0.4, -0.2) is 66.6 Å². The zero-order valence-corrected chi connectivity index (χ0v) is 18.9. The number of carbonyl (C=O) groups is 1. The van der Waals surface area contributed by atoms with Crippen LogP contribution in [0, 0.1) is 16.7 Å². The average Bonchev–Trinajstić information content (AvgIpc) is 3.19. The lowest BCUT2D eigenvalue weighted by molar-refractivity contribution is -0.145. The van der Waals surface area contributed by atoms with E-state index < -0.39 is 12.0 Å². The Bertz CT molecular complexity index is 1110. The molecule has 2 aliphatic heterocycles. The number of urea groups is 1. The molecule has 8 nitrogen and oxygen atoms in total. The summed E-state index contributed by atoms with van der Waals surface area (Å²) in [6.07, 6.45) is 5.15. The lowest BCUT2D eigenvalue weighted by Crippen LogP contribution is -2.71. The van der Waals surface area contributed by atoms with Crippen LogP contribution in [0.1, 0.15) is 62.0 Å². The van der Waals surface area contributed by atoms with E-state index in [1.165, 1.54) is 42.4 Å². The molecule has 2 aromatic heterocycles. The molecule has 182 valence electrons. The van der Waals surface area contributed by atoms with Crippen LogP contribution in [0.5, 0.6) is 0 Å². The van der Waals surface area contributed by atoms with Crippen molar-refractivity contribution in [1.29, 1.82) is 0 Å². The molecule has 34 heavy (non-hydrogen) atoms. The third-order valence-corrected chi connectivity index (χ3v) is 8.67. The Morgan fingerprint density at radius 3 is 2.24 bits per heavy atom. The highest BCUT2D eigenvalue weighted by Crippen LogP contribution is 2.56. The molecular weight excluding hydrogens is 447 g/mol. The van der Waals surface area contributed by atoms with Crippen LogP contribution in [-0.2, 0) is 12.7 Å². The highest BCUT2D eigenvalue weighted by molar-refractivity contribution is 5.77. The molecular formula is C23H28F3N7O. The first kappa shape index (κ1) is 20.8. The van der Waals surface area contributed by atoms with E-state index in [1.807, 2.05) is 9.80 Å². The molecule has 3 saturated carbocycles. The van der Waals surface area contributed by atoms with Gasteiger partial charge in [-0.2, -0.15) is 18.3 Å². The molecule has 2 aromatic rings. The summed E-state index contributed by atoms with van der Waals surface area (Å²) in [5, 5.41) is 8.32. The van der Waals surface area contributed by atoms with Gasteiger partial charge in [-0.15, -0.1) is 5.10 Å². The first-order valence-corrected chi connectivity index (χ1v) is 12.2. The Morgan fingerprint density at radius 2 is 1.65 bits per heavy atom. The summed E-state index contributed by atoms with van der Waals surface area (Å²) in [7, 11) is 0. The van der Waals surface area contributed by atoms with Crippen molar-refractivity contribution in [3.05, 3.63) is 30.1 Å².